The number of carboxylic acids is 1. The van der Waals surface area contributed by atoms with Crippen molar-refractivity contribution in [3.05, 3.63) is 23.9 Å². The predicted octanol–water partition coefficient (Wildman–Crippen LogP) is 1.57. The summed E-state index contributed by atoms with van der Waals surface area (Å²) in [6.07, 6.45) is -4.16. The molecule has 1 amide bonds. The van der Waals surface area contributed by atoms with Gasteiger partial charge in [0.1, 0.15) is 5.69 Å². The number of pyridine rings is 1. The van der Waals surface area contributed by atoms with Gasteiger partial charge in [-0.1, -0.05) is 6.07 Å². The number of alkyl halides is 3. The number of hydrogen-bond donors (Lipinski definition) is 1. The summed E-state index contributed by atoms with van der Waals surface area (Å²) >= 11 is 0. The first kappa shape index (κ1) is 16.1. The number of ether oxygens (including phenoxy) is 1. The van der Waals surface area contributed by atoms with Crippen LogP contribution in [0.5, 0.6) is 5.88 Å². The molecule has 1 fully saturated rings. The first-order valence-corrected chi connectivity index (χ1v) is 6.45. The summed E-state index contributed by atoms with van der Waals surface area (Å²) in [7, 11) is 0. The Balaban J connectivity index is 2.03. The van der Waals surface area contributed by atoms with Crippen molar-refractivity contribution >= 4 is 11.9 Å². The number of rotatable bonds is 4. The van der Waals surface area contributed by atoms with E-state index >= 15 is 0 Å². The minimum atomic E-state index is -4.49. The number of amides is 1. The highest BCUT2D eigenvalue weighted by molar-refractivity contribution is 5.93. The van der Waals surface area contributed by atoms with Gasteiger partial charge in [-0.25, -0.2) is 4.98 Å². The number of carbonyl (C=O) groups is 2. The smallest absolute Gasteiger partial charge is 0.422 e. The van der Waals surface area contributed by atoms with Crippen LogP contribution >= 0.6 is 0 Å². The topological polar surface area (TPSA) is 79.7 Å². The van der Waals surface area contributed by atoms with E-state index < -0.39 is 30.6 Å². The van der Waals surface area contributed by atoms with Crippen LogP contribution in [-0.2, 0) is 4.79 Å². The van der Waals surface area contributed by atoms with Gasteiger partial charge >= 0.3 is 12.1 Å². The molecule has 0 spiro atoms. The quantitative estimate of drug-likeness (QED) is 0.911. The number of likely N-dealkylation sites (tertiary alicyclic amines) is 1. The molecular formula is C13H13F3N2O4. The Bertz CT molecular complexity index is 577. The van der Waals surface area contributed by atoms with E-state index in [1.807, 2.05) is 0 Å². The normalized spacial score (nSPS) is 18.3. The highest BCUT2D eigenvalue weighted by Gasteiger charge is 2.32. The highest BCUT2D eigenvalue weighted by atomic mass is 19.4. The molecule has 1 atom stereocenters. The zero-order chi connectivity index (χ0) is 16.3. The Morgan fingerprint density at radius 2 is 2.14 bits per heavy atom. The molecule has 0 bridgehead atoms. The summed E-state index contributed by atoms with van der Waals surface area (Å²) < 4.78 is 40.7. The molecule has 0 aliphatic carbocycles. The second kappa shape index (κ2) is 6.20. The lowest BCUT2D eigenvalue weighted by atomic mass is 10.1. The van der Waals surface area contributed by atoms with Crippen LogP contribution in [0.1, 0.15) is 16.9 Å². The van der Waals surface area contributed by atoms with Gasteiger partial charge < -0.3 is 14.7 Å². The average molecular weight is 318 g/mol. The second-order valence-corrected chi connectivity index (χ2v) is 4.84. The molecule has 9 heteroatoms. The van der Waals surface area contributed by atoms with Crippen molar-refractivity contribution in [3.63, 3.8) is 0 Å². The maximum absolute atomic E-state index is 12.2. The first-order chi connectivity index (χ1) is 10.3. The maximum atomic E-state index is 12.2. The number of carbonyl (C=O) groups excluding carboxylic acids is 1. The largest absolute Gasteiger partial charge is 0.481 e. The maximum Gasteiger partial charge on any atom is 0.422 e. The van der Waals surface area contributed by atoms with Crippen LogP contribution in [0.15, 0.2) is 18.2 Å². The van der Waals surface area contributed by atoms with Crippen LogP contribution in [0.3, 0.4) is 0 Å². The summed E-state index contributed by atoms with van der Waals surface area (Å²) in [4.78, 5) is 28.1. The number of carboxylic acid groups (broad SMARTS) is 1. The number of nitrogens with zero attached hydrogens (tertiary/aromatic N) is 2. The van der Waals surface area contributed by atoms with Gasteiger partial charge in [0, 0.05) is 19.2 Å². The molecule has 1 N–H and O–H groups in total. The van der Waals surface area contributed by atoms with E-state index in [1.165, 1.54) is 23.1 Å². The summed E-state index contributed by atoms with van der Waals surface area (Å²) in [6, 6.07) is 3.92. The second-order valence-electron chi connectivity index (χ2n) is 4.84. The molecule has 0 radical (unpaired) electrons. The third-order valence-electron chi connectivity index (χ3n) is 3.15. The zero-order valence-electron chi connectivity index (χ0n) is 11.3. The van der Waals surface area contributed by atoms with Crippen molar-refractivity contribution in [2.45, 2.75) is 12.6 Å². The van der Waals surface area contributed by atoms with Crippen LogP contribution in [-0.4, -0.2) is 52.7 Å². The lowest BCUT2D eigenvalue weighted by Gasteiger charge is -2.15. The van der Waals surface area contributed by atoms with E-state index in [0.29, 0.717) is 6.42 Å². The fourth-order valence-electron chi connectivity index (χ4n) is 2.08. The van der Waals surface area contributed by atoms with Crippen LogP contribution in [0.25, 0.3) is 0 Å². The Labute approximate surface area is 123 Å². The van der Waals surface area contributed by atoms with E-state index in [1.54, 1.807) is 0 Å². The van der Waals surface area contributed by atoms with Gasteiger partial charge in [0.15, 0.2) is 6.61 Å². The van der Waals surface area contributed by atoms with Crippen molar-refractivity contribution in [2.75, 3.05) is 19.7 Å². The Hall–Kier alpha value is -2.32. The van der Waals surface area contributed by atoms with Gasteiger partial charge in [-0.15, -0.1) is 0 Å². The van der Waals surface area contributed by atoms with Crippen LogP contribution in [0.4, 0.5) is 13.2 Å². The Kier molecular flexibility index (Phi) is 4.53. The van der Waals surface area contributed by atoms with E-state index in [2.05, 4.69) is 9.72 Å². The molecular weight excluding hydrogens is 305 g/mol. The summed E-state index contributed by atoms with van der Waals surface area (Å²) in [5.74, 6) is -2.45. The van der Waals surface area contributed by atoms with Gasteiger partial charge in [-0.3, -0.25) is 9.59 Å². The van der Waals surface area contributed by atoms with Crippen molar-refractivity contribution in [1.29, 1.82) is 0 Å². The fraction of sp³-hybridized carbons (Fsp3) is 0.462. The molecule has 22 heavy (non-hydrogen) atoms. The van der Waals surface area contributed by atoms with Gasteiger partial charge in [-0.05, 0) is 12.5 Å². The summed E-state index contributed by atoms with van der Waals surface area (Å²) in [5, 5.41) is 8.89. The molecule has 1 saturated heterocycles. The fourth-order valence-corrected chi connectivity index (χ4v) is 2.08. The van der Waals surface area contributed by atoms with Crippen LogP contribution in [0, 0.1) is 5.92 Å². The van der Waals surface area contributed by atoms with Gasteiger partial charge in [0.25, 0.3) is 5.91 Å². The van der Waals surface area contributed by atoms with Crippen LogP contribution < -0.4 is 4.74 Å². The SMILES string of the molecule is O=C(O)C1CCN(C(=O)c2cccc(OCC(F)(F)F)n2)C1. The van der Waals surface area contributed by atoms with Gasteiger partial charge in [0.2, 0.25) is 5.88 Å². The molecule has 6 nitrogen and oxygen atoms in total. The minimum absolute atomic E-state index is 0.0590. The number of aliphatic carboxylic acids is 1. The zero-order valence-corrected chi connectivity index (χ0v) is 11.3. The molecule has 120 valence electrons. The summed E-state index contributed by atoms with van der Waals surface area (Å²) in [6.45, 7) is -1.17. The highest BCUT2D eigenvalue weighted by Crippen LogP contribution is 2.20. The molecule has 2 heterocycles. The number of halogens is 3. The van der Waals surface area contributed by atoms with Crippen molar-refractivity contribution in [2.24, 2.45) is 5.92 Å². The molecule has 1 aliphatic rings. The molecule has 1 aliphatic heterocycles. The monoisotopic (exact) mass is 318 g/mol. The molecule has 0 saturated carbocycles. The predicted molar refractivity (Wildman–Crippen MR) is 67.4 cm³/mol. The standard InChI is InChI=1S/C13H13F3N2O4/c14-13(15,16)7-22-10-3-1-2-9(17-10)11(19)18-5-4-8(6-18)12(20)21/h1-3,8H,4-7H2,(H,20,21). The van der Waals surface area contributed by atoms with Crippen molar-refractivity contribution in [1.82, 2.24) is 9.88 Å². The van der Waals surface area contributed by atoms with E-state index in [0.717, 1.165) is 0 Å². The minimum Gasteiger partial charge on any atom is -0.481 e. The molecule has 2 rings (SSSR count). The third-order valence-corrected chi connectivity index (χ3v) is 3.15. The van der Waals surface area contributed by atoms with E-state index in [4.69, 9.17) is 5.11 Å². The molecule has 1 aromatic rings. The number of hydrogen-bond acceptors (Lipinski definition) is 4. The molecule has 0 aromatic carbocycles. The Morgan fingerprint density at radius 3 is 2.73 bits per heavy atom. The van der Waals surface area contributed by atoms with Crippen molar-refractivity contribution in [3.8, 4) is 5.88 Å². The van der Waals surface area contributed by atoms with Crippen molar-refractivity contribution < 1.29 is 32.6 Å². The molecule has 1 aromatic heterocycles. The van der Waals surface area contributed by atoms with E-state index in [-0.39, 0.29) is 24.7 Å². The summed E-state index contributed by atoms with van der Waals surface area (Å²) in [5.41, 5.74) is -0.0780. The van der Waals surface area contributed by atoms with Gasteiger partial charge in [0.05, 0.1) is 5.92 Å². The van der Waals surface area contributed by atoms with E-state index in [9.17, 15) is 22.8 Å². The van der Waals surface area contributed by atoms with Gasteiger partial charge in [-0.2, -0.15) is 13.2 Å². The van der Waals surface area contributed by atoms with Crippen LogP contribution in [0.2, 0.25) is 0 Å². The molecule has 1 unspecified atom stereocenters. The first-order valence-electron chi connectivity index (χ1n) is 6.45. The lowest BCUT2D eigenvalue weighted by molar-refractivity contribution is -0.154. The third kappa shape index (κ3) is 4.09. The average Bonchev–Trinajstić information content (AvgIpc) is 2.94. The Morgan fingerprint density at radius 1 is 1.41 bits per heavy atom. The number of aromatic nitrogens is 1. The lowest BCUT2D eigenvalue weighted by Crippen LogP contribution is -2.30.